The molecule has 41 heavy (non-hydrogen) atoms. The summed E-state index contributed by atoms with van der Waals surface area (Å²) in [5.74, 6) is -0.439. The lowest BCUT2D eigenvalue weighted by atomic mass is 9.98. The van der Waals surface area contributed by atoms with Gasteiger partial charge in [-0.2, -0.15) is 0 Å². The van der Waals surface area contributed by atoms with Crippen molar-refractivity contribution in [1.82, 2.24) is 25.3 Å². The van der Waals surface area contributed by atoms with Gasteiger partial charge >= 0.3 is 6.09 Å². The molecule has 222 valence electrons. The monoisotopic (exact) mass is 568 g/mol. The van der Waals surface area contributed by atoms with Crippen LogP contribution in [-0.2, 0) is 40.6 Å². The predicted octanol–water partition coefficient (Wildman–Crippen LogP) is 2.67. The highest BCUT2D eigenvalue weighted by molar-refractivity contribution is 5.99. The van der Waals surface area contributed by atoms with Gasteiger partial charge in [-0.3, -0.25) is 24.7 Å². The topological polar surface area (TPSA) is 155 Å². The van der Waals surface area contributed by atoms with Crippen molar-refractivity contribution < 1.29 is 24.2 Å². The van der Waals surface area contributed by atoms with Gasteiger partial charge < -0.3 is 19.7 Å². The van der Waals surface area contributed by atoms with E-state index >= 15 is 0 Å². The summed E-state index contributed by atoms with van der Waals surface area (Å²) >= 11 is 0. The molecule has 2 aromatic heterocycles. The number of carbonyl (C=O) groups excluding carboxylic acids is 3. The third kappa shape index (κ3) is 8.48. The van der Waals surface area contributed by atoms with E-state index < -0.39 is 18.3 Å². The molecule has 3 heterocycles. The summed E-state index contributed by atoms with van der Waals surface area (Å²) in [5.41, 5.74) is 5.66. The fourth-order valence-corrected chi connectivity index (χ4v) is 4.42. The number of ether oxygens (including phenoxy) is 1. The highest BCUT2D eigenvalue weighted by Crippen LogP contribution is 2.22. The molecule has 0 unspecified atom stereocenters. The second-order valence-corrected chi connectivity index (χ2v) is 10.9. The van der Waals surface area contributed by atoms with E-state index in [0.29, 0.717) is 47.5 Å². The van der Waals surface area contributed by atoms with Crippen LogP contribution < -0.4 is 21.6 Å². The molecule has 0 fully saturated rings. The first-order chi connectivity index (χ1) is 19.3. The van der Waals surface area contributed by atoms with Gasteiger partial charge in [0.05, 0.1) is 18.7 Å². The van der Waals surface area contributed by atoms with Gasteiger partial charge in [0.15, 0.2) is 0 Å². The highest BCUT2D eigenvalue weighted by atomic mass is 16.6. The lowest BCUT2D eigenvalue weighted by molar-refractivity contribution is -0.132. The molecule has 4 N–H and O–H groups in total. The number of anilines is 1. The number of hydrogen-bond acceptors (Lipinski definition) is 8. The minimum atomic E-state index is -0.677. The summed E-state index contributed by atoms with van der Waals surface area (Å²) in [6.45, 7) is 11.6. The highest BCUT2D eigenvalue weighted by Gasteiger charge is 2.27. The molecule has 0 spiro atoms. The van der Waals surface area contributed by atoms with Crippen molar-refractivity contribution in [3.63, 3.8) is 0 Å². The van der Waals surface area contributed by atoms with Crippen LogP contribution in [0.1, 0.15) is 69.8 Å². The number of aliphatic hydroxyl groups excluding tert-OH is 1. The van der Waals surface area contributed by atoms with E-state index in [1.165, 1.54) is 5.01 Å². The molecule has 2 aromatic rings. The van der Waals surface area contributed by atoms with Gasteiger partial charge in [-0.25, -0.2) is 15.2 Å². The number of nitrogens with zero attached hydrogens (tertiary/aromatic N) is 3. The molecule has 3 amide bonds. The number of hydrogen-bond donors (Lipinski definition) is 4. The van der Waals surface area contributed by atoms with Crippen molar-refractivity contribution in [2.75, 3.05) is 11.9 Å². The molecule has 0 saturated carbocycles. The number of aliphatic hydroxyl groups is 1. The van der Waals surface area contributed by atoms with Gasteiger partial charge in [0, 0.05) is 43.5 Å². The summed E-state index contributed by atoms with van der Waals surface area (Å²) in [4.78, 5) is 55.0. The lowest BCUT2D eigenvalue weighted by Gasteiger charge is -2.30. The Morgan fingerprint density at radius 1 is 1.17 bits per heavy atom. The fraction of sp³-hybridized carbons (Fsp3) is 0.483. The Labute approximate surface area is 239 Å². The van der Waals surface area contributed by atoms with Gasteiger partial charge in [-0.05, 0) is 71.2 Å². The third-order valence-corrected chi connectivity index (χ3v) is 6.64. The van der Waals surface area contributed by atoms with Crippen LogP contribution in [-0.4, -0.2) is 49.7 Å². The van der Waals surface area contributed by atoms with Crippen molar-refractivity contribution in [2.45, 2.75) is 86.2 Å². The van der Waals surface area contributed by atoms with E-state index in [4.69, 9.17) is 4.74 Å². The lowest BCUT2D eigenvalue weighted by Crippen LogP contribution is -2.47. The number of aryl methyl sites for hydroxylation is 2. The smallest absolute Gasteiger partial charge is 0.413 e. The van der Waals surface area contributed by atoms with Crippen LogP contribution in [0.5, 0.6) is 0 Å². The van der Waals surface area contributed by atoms with Crippen molar-refractivity contribution in [3.05, 3.63) is 68.3 Å². The Kier molecular flexibility index (Phi) is 10.4. The Morgan fingerprint density at radius 2 is 1.90 bits per heavy atom. The third-order valence-electron chi connectivity index (χ3n) is 6.64. The zero-order chi connectivity index (χ0) is 30.3. The maximum absolute atomic E-state index is 13.2. The van der Waals surface area contributed by atoms with Gasteiger partial charge in [0.1, 0.15) is 11.4 Å². The van der Waals surface area contributed by atoms with Crippen molar-refractivity contribution in [3.8, 4) is 0 Å². The zero-order valence-electron chi connectivity index (χ0n) is 24.6. The van der Waals surface area contributed by atoms with Gasteiger partial charge in [-0.1, -0.05) is 11.6 Å². The minimum absolute atomic E-state index is 0.0838. The van der Waals surface area contributed by atoms with E-state index in [9.17, 15) is 24.3 Å². The molecular weight excluding hydrogens is 528 g/mol. The van der Waals surface area contributed by atoms with Gasteiger partial charge in [0.2, 0.25) is 5.91 Å². The number of carbonyl (C=O) groups is 3. The van der Waals surface area contributed by atoms with Crippen LogP contribution in [0.4, 0.5) is 10.6 Å². The number of aromatic nitrogens is 2. The molecule has 12 heteroatoms. The van der Waals surface area contributed by atoms with Crippen LogP contribution in [0.15, 0.2) is 40.3 Å². The molecule has 12 nitrogen and oxygen atoms in total. The van der Waals surface area contributed by atoms with Crippen molar-refractivity contribution >= 4 is 23.7 Å². The molecule has 1 aliphatic rings. The van der Waals surface area contributed by atoms with Crippen LogP contribution in [0.3, 0.4) is 0 Å². The maximum atomic E-state index is 13.2. The van der Waals surface area contributed by atoms with Crippen molar-refractivity contribution in [2.24, 2.45) is 0 Å². The van der Waals surface area contributed by atoms with E-state index in [2.05, 4.69) is 21.0 Å². The first-order valence-electron chi connectivity index (χ1n) is 13.6. The summed E-state index contributed by atoms with van der Waals surface area (Å²) in [5, 5.41) is 16.7. The Balaban J connectivity index is 1.62. The number of amides is 3. The quantitative estimate of drug-likeness (QED) is 0.341. The van der Waals surface area contributed by atoms with Crippen LogP contribution >= 0.6 is 0 Å². The number of pyridine rings is 2. The van der Waals surface area contributed by atoms with Gasteiger partial charge in [0.25, 0.3) is 11.5 Å². The standard InChI is InChI=1S/C29H40N6O6/c1-7-34-11-8-9-20(26(34)38)15-31-35-12-10-18(2)21(27(35)39)14-25(37)30-16-22-19(3)13-24(32-23(22)17-36)33-28(40)41-29(4,5)6/h8-9,11,13,31,36H,7,10,12,14-17H2,1-6H3,(H,30,37)(H,32,33,40). The van der Waals surface area contributed by atoms with Crippen molar-refractivity contribution in [1.29, 1.82) is 0 Å². The van der Waals surface area contributed by atoms with E-state index in [1.807, 2.05) is 13.8 Å². The first kappa shape index (κ1) is 31.5. The zero-order valence-corrected chi connectivity index (χ0v) is 24.6. The van der Waals surface area contributed by atoms with E-state index in [1.54, 1.807) is 56.7 Å². The van der Waals surface area contributed by atoms with Gasteiger partial charge in [-0.15, -0.1) is 0 Å². The normalized spacial score (nSPS) is 13.8. The van der Waals surface area contributed by atoms with E-state index in [0.717, 1.165) is 5.57 Å². The average Bonchev–Trinajstić information content (AvgIpc) is 2.89. The summed E-state index contributed by atoms with van der Waals surface area (Å²) < 4.78 is 6.85. The second-order valence-electron chi connectivity index (χ2n) is 10.9. The molecule has 0 atom stereocenters. The molecule has 1 aliphatic heterocycles. The Bertz CT molecular complexity index is 1390. The molecule has 0 radical (unpaired) electrons. The molecule has 0 bridgehead atoms. The summed E-state index contributed by atoms with van der Waals surface area (Å²) in [6, 6.07) is 5.15. The largest absolute Gasteiger partial charge is 0.444 e. The summed E-state index contributed by atoms with van der Waals surface area (Å²) in [6.07, 6.45) is 1.53. The van der Waals surface area contributed by atoms with E-state index in [-0.39, 0.29) is 42.7 Å². The molecule has 0 aromatic carbocycles. The van der Waals surface area contributed by atoms with Crippen LogP contribution in [0.2, 0.25) is 0 Å². The first-order valence-corrected chi connectivity index (χ1v) is 13.6. The minimum Gasteiger partial charge on any atom is -0.444 e. The molecule has 0 aliphatic carbocycles. The number of hydrazine groups is 1. The molecule has 0 saturated heterocycles. The SMILES string of the molecule is CCn1cccc(CNN2CCC(C)=C(CC(=O)NCc3c(C)cc(NC(=O)OC(C)(C)C)nc3CO)C2=O)c1=O. The fourth-order valence-electron chi connectivity index (χ4n) is 4.42. The summed E-state index contributed by atoms with van der Waals surface area (Å²) in [7, 11) is 0. The number of nitrogens with one attached hydrogen (secondary N) is 3. The Hall–Kier alpha value is -4.03. The van der Waals surface area contributed by atoms with Crippen LogP contribution in [0.25, 0.3) is 0 Å². The molecule has 3 rings (SSSR count). The maximum Gasteiger partial charge on any atom is 0.413 e. The Morgan fingerprint density at radius 3 is 2.56 bits per heavy atom. The molecular formula is C29H40N6O6. The average molecular weight is 569 g/mol. The second kappa shape index (κ2) is 13.6. The van der Waals surface area contributed by atoms with Crippen LogP contribution in [0, 0.1) is 6.92 Å². The number of rotatable bonds is 10. The predicted molar refractivity (Wildman–Crippen MR) is 153 cm³/mol.